The molecule has 0 spiro atoms. The van der Waals surface area contributed by atoms with Crippen molar-refractivity contribution in [3.63, 3.8) is 0 Å². The Morgan fingerprint density at radius 3 is 2.58 bits per heavy atom. The summed E-state index contributed by atoms with van der Waals surface area (Å²) in [7, 11) is 0. The molecule has 1 N–H and O–H groups in total. The highest BCUT2D eigenvalue weighted by Crippen LogP contribution is 2.30. The van der Waals surface area contributed by atoms with E-state index in [4.69, 9.17) is 11.6 Å². The van der Waals surface area contributed by atoms with Crippen LogP contribution in [0.3, 0.4) is 0 Å². The molecule has 1 amide bonds. The number of hydrogen-bond donors (Lipinski definition) is 1. The third-order valence-corrected chi connectivity index (χ3v) is 3.34. The molecule has 1 saturated heterocycles. The molecule has 1 fully saturated rings. The minimum absolute atomic E-state index is 0.0491. The van der Waals surface area contributed by atoms with Crippen molar-refractivity contribution in [3.8, 4) is 0 Å². The second-order valence-corrected chi connectivity index (χ2v) is 4.74. The average molecular weight is 293 g/mol. The first kappa shape index (κ1) is 14.1. The van der Waals surface area contributed by atoms with Gasteiger partial charge in [-0.1, -0.05) is 29.8 Å². The van der Waals surface area contributed by atoms with E-state index in [0.717, 1.165) is 5.01 Å². The fourth-order valence-electron chi connectivity index (χ4n) is 2.00. The lowest BCUT2D eigenvalue weighted by Crippen LogP contribution is -2.51. The summed E-state index contributed by atoms with van der Waals surface area (Å²) in [5.74, 6) is -0.395. The van der Waals surface area contributed by atoms with Crippen LogP contribution in [-0.2, 0) is 11.2 Å². The Hall–Kier alpha value is -1.27. The summed E-state index contributed by atoms with van der Waals surface area (Å²) in [5.41, 5.74) is 2.64. The molecule has 1 aromatic rings. The van der Waals surface area contributed by atoms with E-state index in [1.807, 2.05) is 0 Å². The predicted molar refractivity (Wildman–Crippen MR) is 64.5 cm³/mol. The maximum atomic E-state index is 13.1. The molecule has 2 rings (SSSR count). The van der Waals surface area contributed by atoms with E-state index in [-0.39, 0.29) is 19.4 Å². The Bertz CT molecular complexity index is 478. The molecule has 1 heterocycles. The maximum Gasteiger partial charge on any atom is 0.406 e. The maximum absolute atomic E-state index is 13.1. The third-order valence-electron chi connectivity index (χ3n) is 2.97. The highest BCUT2D eigenvalue weighted by molar-refractivity contribution is 6.31. The Morgan fingerprint density at radius 1 is 1.37 bits per heavy atom. The number of rotatable bonds is 3. The molecular weight excluding hydrogens is 281 g/mol. The standard InChI is InChI=1S/C12H12ClF3N2O/c13-9-4-2-1-3-8(9)7-10(12(14,15)16)18-6-5-11(19)17-18/h1-4,10H,5-7H2,(H,17,19). The zero-order valence-electron chi connectivity index (χ0n) is 9.88. The quantitative estimate of drug-likeness (QED) is 0.928. The van der Waals surface area contributed by atoms with Crippen molar-refractivity contribution < 1.29 is 18.0 Å². The first-order valence-corrected chi connectivity index (χ1v) is 6.12. The summed E-state index contributed by atoms with van der Waals surface area (Å²) >= 11 is 5.88. The number of nitrogens with one attached hydrogen (secondary N) is 1. The lowest BCUT2D eigenvalue weighted by molar-refractivity contribution is -0.187. The molecule has 1 aliphatic heterocycles. The second-order valence-electron chi connectivity index (χ2n) is 4.33. The number of hydrogen-bond acceptors (Lipinski definition) is 2. The van der Waals surface area contributed by atoms with Crippen LogP contribution in [0, 0.1) is 0 Å². The molecule has 0 aromatic heterocycles. The molecule has 19 heavy (non-hydrogen) atoms. The number of amides is 1. The van der Waals surface area contributed by atoms with Crippen LogP contribution in [0.5, 0.6) is 0 Å². The van der Waals surface area contributed by atoms with E-state index >= 15 is 0 Å². The van der Waals surface area contributed by atoms with Gasteiger partial charge in [-0.2, -0.15) is 13.2 Å². The molecule has 1 aromatic carbocycles. The average Bonchev–Trinajstić information content (AvgIpc) is 2.73. The fourth-order valence-corrected chi connectivity index (χ4v) is 2.22. The molecule has 1 unspecified atom stereocenters. The van der Waals surface area contributed by atoms with E-state index in [1.165, 1.54) is 0 Å². The smallest absolute Gasteiger partial charge is 0.288 e. The Morgan fingerprint density at radius 2 is 2.05 bits per heavy atom. The van der Waals surface area contributed by atoms with Gasteiger partial charge in [-0.25, -0.2) is 5.01 Å². The van der Waals surface area contributed by atoms with Crippen molar-refractivity contribution in [1.82, 2.24) is 10.4 Å². The summed E-state index contributed by atoms with van der Waals surface area (Å²) in [4.78, 5) is 11.1. The van der Waals surface area contributed by atoms with Crippen molar-refractivity contribution in [2.45, 2.75) is 25.1 Å². The van der Waals surface area contributed by atoms with Crippen molar-refractivity contribution in [2.75, 3.05) is 6.54 Å². The van der Waals surface area contributed by atoms with Gasteiger partial charge in [0.2, 0.25) is 5.91 Å². The first-order chi connectivity index (χ1) is 8.88. The molecule has 7 heteroatoms. The monoisotopic (exact) mass is 292 g/mol. The third kappa shape index (κ3) is 3.39. The number of benzene rings is 1. The molecule has 104 valence electrons. The Kier molecular flexibility index (Phi) is 4.01. The molecule has 0 bridgehead atoms. The highest BCUT2D eigenvalue weighted by atomic mass is 35.5. The summed E-state index contributed by atoms with van der Waals surface area (Å²) < 4.78 is 39.2. The van der Waals surface area contributed by atoms with Gasteiger partial charge in [0.1, 0.15) is 6.04 Å². The van der Waals surface area contributed by atoms with Crippen LogP contribution in [0.25, 0.3) is 0 Å². The topological polar surface area (TPSA) is 32.3 Å². The van der Waals surface area contributed by atoms with Gasteiger partial charge in [-0.3, -0.25) is 10.2 Å². The van der Waals surface area contributed by atoms with E-state index in [2.05, 4.69) is 5.43 Å². The summed E-state index contributed by atoms with van der Waals surface area (Å²) in [6.07, 6.45) is -4.64. The number of carbonyl (C=O) groups is 1. The van der Waals surface area contributed by atoms with Crippen LogP contribution in [0.15, 0.2) is 24.3 Å². The predicted octanol–water partition coefficient (Wildman–Crippen LogP) is 2.55. The van der Waals surface area contributed by atoms with Gasteiger partial charge in [0.15, 0.2) is 0 Å². The second kappa shape index (κ2) is 5.38. The minimum atomic E-state index is -4.43. The van der Waals surface area contributed by atoms with Gasteiger partial charge in [0, 0.05) is 24.4 Å². The Labute approximate surface area is 113 Å². The molecule has 0 saturated carbocycles. The van der Waals surface area contributed by atoms with Gasteiger partial charge in [0.25, 0.3) is 0 Å². The fraction of sp³-hybridized carbons (Fsp3) is 0.417. The zero-order valence-corrected chi connectivity index (χ0v) is 10.6. The van der Waals surface area contributed by atoms with Crippen molar-refractivity contribution in [2.24, 2.45) is 0 Å². The van der Waals surface area contributed by atoms with Crippen LogP contribution >= 0.6 is 11.6 Å². The first-order valence-electron chi connectivity index (χ1n) is 5.74. The minimum Gasteiger partial charge on any atom is -0.288 e. The lowest BCUT2D eigenvalue weighted by atomic mass is 10.1. The van der Waals surface area contributed by atoms with Crippen LogP contribution in [-0.4, -0.2) is 29.7 Å². The van der Waals surface area contributed by atoms with Crippen molar-refractivity contribution >= 4 is 17.5 Å². The van der Waals surface area contributed by atoms with Crippen LogP contribution in [0.1, 0.15) is 12.0 Å². The highest BCUT2D eigenvalue weighted by Gasteiger charge is 2.45. The van der Waals surface area contributed by atoms with E-state index in [9.17, 15) is 18.0 Å². The molecule has 3 nitrogen and oxygen atoms in total. The zero-order chi connectivity index (χ0) is 14.0. The van der Waals surface area contributed by atoms with Gasteiger partial charge in [0.05, 0.1) is 0 Å². The Balaban J connectivity index is 2.20. The number of nitrogens with zero attached hydrogens (tertiary/aromatic N) is 1. The van der Waals surface area contributed by atoms with Crippen LogP contribution in [0.4, 0.5) is 13.2 Å². The van der Waals surface area contributed by atoms with Crippen LogP contribution in [0.2, 0.25) is 5.02 Å². The van der Waals surface area contributed by atoms with Crippen molar-refractivity contribution in [1.29, 1.82) is 0 Å². The number of carbonyl (C=O) groups excluding carboxylic acids is 1. The summed E-state index contributed by atoms with van der Waals surface area (Å²) in [6.45, 7) is 0.0491. The molecular formula is C12H12ClF3N2O. The number of halogens is 4. The van der Waals surface area contributed by atoms with Crippen molar-refractivity contribution in [3.05, 3.63) is 34.9 Å². The lowest BCUT2D eigenvalue weighted by Gasteiger charge is -2.29. The van der Waals surface area contributed by atoms with Gasteiger partial charge in [-0.15, -0.1) is 0 Å². The largest absolute Gasteiger partial charge is 0.406 e. The van der Waals surface area contributed by atoms with Gasteiger partial charge < -0.3 is 0 Å². The number of alkyl halides is 3. The van der Waals surface area contributed by atoms with E-state index in [0.29, 0.717) is 10.6 Å². The van der Waals surface area contributed by atoms with E-state index in [1.54, 1.807) is 24.3 Å². The molecule has 1 aliphatic rings. The molecule has 0 radical (unpaired) electrons. The molecule has 1 atom stereocenters. The summed E-state index contributed by atoms with van der Waals surface area (Å²) in [5, 5.41) is 1.23. The molecule has 0 aliphatic carbocycles. The normalized spacial score (nSPS) is 18.4. The summed E-state index contributed by atoms with van der Waals surface area (Å²) in [6, 6.07) is 4.63. The number of hydrazine groups is 1. The van der Waals surface area contributed by atoms with Gasteiger partial charge in [-0.05, 0) is 11.6 Å². The SMILES string of the molecule is O=C1CCN(C(Cc2ccccc2Cl)C(F)(F)F)N1. The van der Waals surface area contributed by atoms with E-state index < -0.39 is 18.1 Å². The van der Waals surface area contributed by atoms with Gasteiger partial charge >= 0.3 is 6.18 Å². The van der Waals surface area contributed by atoms with Crippen LogP contribution < -0.4 is 5.43 Å².